The Morgan fingerprint density at radius 1 is 1.37 bits per heavy atom. The second-order valence-electron chi connectivity index (χ2n) is 6.06. The van der Waals surface area contributed by atoms with Gasteiger partial charge in [0.1, 0.15) is 6.04 Å². The van der Waals surface area contributed by atoms with Gasteiger partial charge in [-0.25, -0.2) is 9.78 Å². The van der Waals surface area contributed by atoms with Crippen molar-refractivity contribution in [2.75, 3.05) is 6.61 Å². The van der Waals surface area contributed by atoms with Crippen LogP contribution in [0.2, 0.25) is 0 Å². The molecule has 0 aliphatic rings. The molecule has 0 fully saturated rings. The fourth-order valence-electron chi connectivity index (χ4n) is 2.72. The van der Waals surface area contributed by atoms with Gasteiger partial charge in [-0.05, 0) is 32.0 Å². The van der Waals surface area contributed by atoms with Crippen molar-refractivity contribution in [2.24, 2.45) is 5.73 Å². The van der Waals surface area contributed by atoms with Crippen LogP contribution in [0, 0.1) is 13.8 Å². The number of primary amides is 1. The number of hydrogen-bond acceptors (Lipinski definition) is 6. The number of nitrogens with zero attached hydrogens (tertiary/aromatic N) is 2. The Morgan fingerprint density at radius 2 is 2.15 bits per heavy atom. The Labute approximate surface area is 164 Å². The van der Waals surface area contributed by atoms with Crippen LogP contribution in [-0.4, -0.2) is 39.2 Å². The summed E-state index contributed by atoms with van der Waals surface area (Å²) >= 11 is 3.33. The van der Waals surface area contributed by atoms with Crippen molar-refractivity contribution in [1.29, 1.82) is 0 Å². The summed E-state index contributed by atoms with van der Waals surface area (Å²) in [6, 6.07) is 6.20. The van der Waals surface area contributed by atoms with Gasteiger partial charge in [-0.1, -0.05) is 6.07 Å². The van der Waals surface area contributed by atoms with Crippen LogP contribution in [-0.2, 0) is 10.5 Å². The highest BCUT2D eigenvalue weighted by molar-refractivity contribution is 7.98. The molecule has 0 aliphatic carbocycles. The van der Waals surface area contributed by atoms with E-state index in [2.05, 4.69) is 10.3 Å². The largest absolute Gasteiger partial charge is 0.394 e. The average molecular weight is 405 g/mol. The van der Waals surface area contributed by atoms with Gasteiger partial charge in [0.2, 0.25) is 5.91 Å². The van der Waals surface area contributed by atoms with Gasteiger partial charge in [0, 0.05) is 32.8 Å². The van der Waals surface area contributed by atoms with E-state index >= 15 is 0 Å². The minimum Gasteiger partial charge on any atom is -0.394 e. The van der Waals surface area contributed by atoms with Crippen molar-refractivity contribution >= 4 is 45.9 Å². The number of nitrogens with two attached hydrogens (primary N) is 1. The molecule has 142 valence electrons. The number of rotatable bonds is 6. The van der Waals surface area contributed by atoms with E-state index in [0.717, 1.165) is 32.3 Å². The topological polar surface area (TPSA) is 110 Å². The van der Waals surface area contributed by atoms with E-state index in [-0.39, 0.29) is 0 Å². The van der Waals surface area contributed by atoms with Crippen LogP contribution in [0.3, 0.4) is 0 Å². The van der Waals surface area contributed by atoms with Gasteiger partial charge in [0.05, 0.1) is 17.1 Å². The molecular weight excluding hydrogens is 384 g/mol. The Balaban J connectivity index is 1.85. The Kier molecular flexibility index (Phi) is 5.83. The second kappa shape index (κ2) is 8.12. The third-order valence-electron chi connectivity index (χ3n) is 4.04. The highest BCUT2D eigenvalue weighted by Crippen LogP contribution is 2.29. The van der Waals surface area contributed by atoms with E-state index in [4.69, 9.17) is 5.73 Å². The molecule has 0 saturated heterocycles. The Hall–Kier alpha value is -2.36. The van der Waals surface area contributed by atoms with Crippen LogP contribution in [0.25, 0.3) is 10.9 Å². The van der Waals surface area contributed by atoms with Gasteiger partial charge in [-0.2, -0.15) is 0 Å². The number of carbonyl (C=O) groups excluding carboxylic acids is 2. The zero-order chi connectivity index (χ0) is 19.6. The minimum absolute atomic E-state index is 0.499. The molecule has 1 atom stereocenters. The van der Waals surface area contributed by atoms with Crippen molar-refractivity contribution < 1.29 is 14.7 Å². The number of thiazole rings is 1. The fraction of sp³-hybridized carbons (Fsp3) is 0.278. The summed E-state index contributed by atoms with van der Waals surface area (Å²) in [5.41, 5.74) is 6.65. The first-order chi connectivity index (χ1) is 12.9. The van der Waals surface area contributed by atoms with Crippen molar-refractivity contribution in [3.8, 4) is 0 Å². The number of nitrogens with one attached hydrogen (secondary N) is 1. The number of hydrogen-bond donors (Lipinski definition) is 3. The van der Waals surface area contributed by atoms with Crippen LogP contribution in [0.15, 0.2) is 35.4 Å². The number of amides is 2. The first kappa shape index (κ1) is 19.4. The third-order valence-corrected chi connectivity index (χ3v) is 6.18. The normalized spacial score (nSPS) is 12.3. The third kappa shape index (κ3) is 4.32. The molecule has 0 saturated carbocycles. The molecule has 27 heavy (non-hydrogen) atoms. The maximum absolute atomic E-state index is 12.6. The predicted octanol–water partition coefficient (Wildman–Crippen LogP) is 2.41. The molecule has 3 aromatic rings. The van der Waals surface area contributed by atoms with E-state index in [1.165, 1.54) is 9.44 Å². The summed E-state index contributed by atoms with van der Waals surface area (Å²) in [7, 11) is 0. The summed E-state index contributed by atoms with van der Waals surface area (Å²) in [4.78, 5) is 30.4. The number of aryl methyl sites for hydroxylation is 2. The molecule has 9 heteroatoms. The zero-order valence-electron chi connectivity index (χ0n) is 14.9. The van der Waals surface area contributed by atoms with E-state index in [1.54, 1.807) is 23.1 Å². The molecule has 2 amide bonds. The summed E-state index contributed by atoms with van der Waals surface area (Å²) in [6.07, 6.45) is 1.88. The van der Waals surface area contributed by atoms with Crippen molar-refractivity contribution in [3.63, 3.8) is 0 Å². The number of carbonyl (C=O) groups is 2. The maximum atomic E-state index is 12.6. The smallest absolute Gasteiger partial charge is 0.326 e. The van der Waals surface area contributed by atoms with Gasteiger partial charge in [0.25, 0.3) is 0 Å². The second-order valence-corrected chi connectivity index (χ2v) is 8.43. The summed E-state index contributed by atoms with van der Waals surface area (Å²) in [5, 5.41) is 13.6. The molecule has 0 bridgehead atoms. The number of benzene rings is 1. The molecule has 2 aromatic heterocycles. The monoisotopic (exact) mass is 404 g/mol. The van der Waals surface area contributed by atoms with Crippen molar-refractivity contribution in [1.82, 2.24) is 14.9 Å². The highest BCUT2D eigenvalue weighted by Gasteiger charge is 2.20. The molecule has 4 N–H and O–H groups in total. The van der Waals surface area contributed by atoms with Crippen LogP contribution < -0.4 is 11.1 Å². The van der Waals surface area contributed by atoms with Gasteiger partial charge >= 0.3 is 6.03 Å². The lowest BCUT2D eigenvalue weighted by atomic mass is 10.2. The number of fused-ring (bicyclic) bond motifs is 1. The summed E-state index contributed by atoms with van der Waals surface area (Å²) in [6.45, 7) is 3.24. The lowest BCUT2D eigenvalue weighted by Crippen LogP contribution is -2.48. The first-order valence-corrected chi connectivity index (χ1v) is 10.1. The lowest BCUT2D eigenvalue weighted by molar-refractivity contribution is -0.120. The van der Waals surface area contributed by atoms with E-state index in [0.29, 0.717) is 0 Å². The van der Waals surface area contributed by atoms with Gasteiger partial charge < -0.3 is 16.2 Å². The lowest BCUT2D eigenvalue weighted by Gasteiger charge is -2.15. The first-order valence-electron chi connectivity index (χ1n) is 8.26. The SMILES string of the molecule is Cc1ncc(CSc2ccc3cc(C)n(C(=O)N[C@@H](CO)C(N)=O)c3c2)s1. The average Bonchev–Trinajstić information content (AvgIpc) is 3.19. The number of thioether (sulfide) groups is 1. The standard InChI is InChI=1S/C18H20N4O3S2/c1-10-5-12-3-4-13(26-9-14-7-20-11(2)27-14)6-16(12)22(10)18(25)21-15(8-23)17(19)24/h3-7,15,23H,8-9H2,1-2H3,(H2,19,24)(H,21,25)/t15-/m0/s1. The zero-order valence-corrected chi connectivity index (χ0v) is 16.6. The minimum atomic E-state index is -1.12. The molecule has 0 aliphatic heterocycles. The quantitative estimate of drug-likeness (QED) is 0.547. The number of aliphatic hydroxyl groups excluding tert-OH is 1. The molecule has 0 spiro atoms. The molecule has 0 radical (unpaired) electrons. The van der Waals surface area contributed by atoms with Gasteiger partial charge in [-0.15, -0.1) is 23.1 Å². The predicted molar refractivity (Wildman–Crippen MR) is 107 cm³/mol. The molecule has 1 aromatic carbocycles. The van der Waals surface area contributed by atoms with Crippen LogP contribution in [0.1, 0.15) is 15.6 Å². The molecule has 3 rings (SSSR count). The van der Waals surface area contributed by atoms with Crippen molar-refractivity contribution in [2.45, 2.75) is 30.5 Å². The molecule has 2 heterocycles. The van der Waals surface area contributed by atoms with Crippen molar-refractivity contribution in [3.05, 3.63) is 46.0 Å². The summed E-state index contributed by atoms with van der Waals surface area (Å²) in [5.74, 6) is 0.0213. The van der Waals surface area contributed by atoms with E-state index in [9.17, 15) is 14.7 Å². The Bertz CT molecular complexity index is 996. The Morgan fingerprint density at radius 3 is 2.78 bits per heavy atom. The van der Waals surface area contributed by atoms with Crippen LogP contribution in [0.4, 0.5) is 4.79 Å². The maximum Gasteiger partial charge on any atom is 0.326 e. The summed E-state index contributed by atoms with van der Waals surface area (Å²) < 4.78 is 1.49. The van der Waals surface area contributed by atoms with E-state index in [1.807, 2.05) is 44.3 Å². The molecular formula is C18H20N4O3S2. The number of aromatic nitrogens is 2. The van der Waals surface area contributed by atoms with Gasteiger partial charge in [-0.3, -0.25) is 9.36 Å². The molecule has 7 nitrogen and oxygen atoms in total. The number of aliphatic hydroxyl groups is 1. The van der Waals surface area contributed by atoms with Crippen LogP contribution >= 0.6 is 23.1 Å². The van der Waals surface area contributed by atoms with Gasteiger partial charge in [0.15, 0.2) is 0 Å². The molecule has 0 unspecified atom stereocenters. The van der Waals surface area contributed by atoms with Crippen LogP contribution in [0.5, 0.6) is 0 Å². The highest BCUT2D eigenvalue weighted by atomic mass is 32.2. The van der Waals surface area contributed by atoms with E-state index < -0.39 is 24.6 Å². The fourth-order valence-corrected chi connectivity index (χ4v) is 4.47.